The average molecular weight is 225 g/mol. The van der Waals surface area contributed by atoms with Crippen LogP contribution >= 0.6 is 11.8 Å². The van der Waals surface area contributed by atoms with Gasteiger partial charge in [-0.2, -0.15) is 0 Å². The third-order valence-corrected chi connectivity index (χ3v) is 4.38. The lowest BCUT2D eigenvalue weighted by Gasteiger charge is -2.26. The van der Waals surface area contributed by atoms with Crippen LogP contribution < -0.4 is 0 Å². The molecule has 0 amide bonds. The zero-order valence-electron chi connectivity index (χ0n) is 9.01. The number of carbonyl (C=O) groups excluding carboxylic acids is 1. The Labute approximate surface area is 93.5 Å². The fourth-order valence-electron chi connectivity index (χ4n) is 1.77. The Morgan fingerprint density at radius 3 is 3.07 bits per heavy atom. The SMILES string of the molecule is CC1CCC(=O)CC1Sc1nncn1C. The Morgan fingerprint density at radius 2 is 2.40 bits per heavy atom. The van der Waals surface area contributed by atoms with E-state index in [0.29, 0.717) is 23.4 Å². The fourth-order valence-corrected chi connectivity index (χ4v) is 2.99. The lowest BCUT2D eigenvalue weighted by molar-refractivity contribution is -0.120. The number of aryl methyl sites for hydroxylation is 1. The first kappa shape index (κ1) is 10.7. The summed E-state index contributed by atoms with van der Waals surface area (Å²) in [5, 5.41) is 9.15. The number of ketones is 1. The van der Waals surface area contributed by atoms with Gasteiger partial charge in [0.1, 0.15) is 12.1 Å². The molecule has 2 atom stereocenters. The van der Waals surface area contributed by atoms with Crippen molar-refractivity contribution in [3.8, 4) is 0 Å². The number of carbonyl (C=O) groups is 1. The molecule has 1 fully saturated rings. The molecule has 0 radical (unpaired) electrons. The van der Waals surface area contributed by atoms with Gasteiger partial charge in [0.15, 0.2) is 5.16 Å². The van der Waals surface area contributed by atoms with Crippen molar-refractivity contribution < 1.29 is 4.79 Å². The van der Waals surface area contributed by atoms with Crippen molar-refractivity contribution in [3.63, 3.8) is 0 Å². The van der Waals surface area contributed by atoms with E-state index < -0.39 is 0 Å². The van der Waals surface area contributed by atoms with Gasteiger partial charge in [-0.3, -0.25) is 4.79 Å². The van der Waals surface area contributed by atoms with Gasteiger partial charge in [0.05, 0.1) is 0 Å². The first-order valence-electron chi connectivity index (χ1n) is 5.19. The number of aromatic nitrogens is 3. The predicted molar refractivity (Wildman–Crippen MR) is 58.7 cm³/mol. The van der Waals surface area contributed by atoms with Crippen LogP contribution in [0.15, 0.2) is 11.5 Å². The summed E-state index contributed by atoms with van der Waals surface area (Å²) in [6.07, 6.45) is 4.13. The summed E-state index contributed by atoms with van der Waals surface area (Å²) in [5.41, 5.74) is 0. The molecule has 15 heavy (non-hydrogen) atoms. The van der Waals surface area contributed by atoms with Crippen molar-refractivity contribution in [2.24, 2.45) is 13.0 Å². The van der Waals surface area contributed by atoms with Gasteiger partial charge in [0, 0.05) is 25.1 Å². The molecule has 0 aliphatic heterocycles. The highest BCUT2D eigenvalue weighted by atomic mass is 32.2. The van der Waals surface area contributed by atoms with E-state index in [0.717, 1.165) is 18.0 Å². The lowest BCUT2D eigenvalue weighted by Crippen LogP contribution is -2.25. The lowest BCUT2D eigenvalue weighted by atomic mass is 9.89. The van der Waals surface area contributed by atoms with Crippen LogP contribution in [0.1, 0.15) is 26.2 Å². The molecule has 1 aromatic rings. The quantitative estimate of drug-likeness (QED) is 0.768. The van der Waals surface area contributed by atoms with Crippen molar-refractivity contribution in [2.45, 2.75) is 36.6 Å². The summed E-state index contributed by atoms with van der Waals surface area (Å²) >= 11 is 1.68. The minimum Gasteiger partial charge on any atom is -0.312 e. The summed E-state index contributed by atoms with van der Waals surface area (Å²) in [6, 6.07) is 0. The number of hydrogen-bond donors (Lipinski definition) is 0. The zero-order chi connectivity index (χ0) is 10.8. The van der Waals surface area contributed by atoms with E-state index in [1.165, 1.54) is 0 Å². The van der Waals surface area contributed by atoms with Crippen molar-refractivity contribution in [1.82, 2.24) is 14.8 Å². The smallest absolute Gasteiger partial charge is 0.191 e. The second kappa shape index (κ2) is 4.35. The van der Waals surface area contributed by atoms with E-state index in [9.17, 15) is 4.79 Å². The van der Waals surface area contributed by atoms with E-state index in [1.54, 1.807) is 18.1 Å². The number of rotatable bonds is 2. The van der Waals surface area contributed by atoms with Gasteiger partial charge in [0.25, 0.3) is 0 Å². The molecule has 0 aromatic carbocycles. The summed E-state index contributed by atoms with van der Waals surface area (Å²) < 4.78 is 1.90. The molecule has 0 N–H and O–H groups in total. The molecule has 5 heteroatoms. The van der Waals surface area contributed by atoms with E-state index in [1.807, 2.05) is 11.6 Å². The number of Topliss-reactive ketones (excluding diaryl/α,β-unsaturated/α-hetero) is 1. The van der Waals surface area contributed by atoms with Gasteiger partial charge in [-0.25, -0.2) is 0 Å². The van der Waals surface area contributed by atoms with Crippen molar-refractivity contribution in [2.75, 3.05) is 0 Å². The van der Waals surface area contributed by atoms with E-state index in [-0.39, 0.29) is 0 Å². The van der Waals surface area contributed by atoms with Crippen molar-refractivity contribution >= 4 is 17.5 Å². The van der Waals surface area contributed by atoms with Crippen LogP contribution in [0.3, 0.4) is 0 Å². The predicted octanol–water partition coefficient (Wildman–Crippen LogP) is 1.66. The molecule has 1 aliphatic rings. The van der Waals surface area contributed by atoms with E-state index in [2.05, 4.69) is 17.1 Å². The molecule has 1 saturated carbocycles. The maximum atomic E-state index is 11.4. The van der Waals surface area contributed by atoms with Gasteiger partial charge in [-0.15, -0.1) is 10.2 Å². The van der Waals surface area contributed by atoms with Crippen LogP contribution in [0.4, 0.5) is 0 Å². The minimum atomic E-state index is 0.370. The molecule has 2 rings (SSSR count). The molecular formula is C10H15N3OS. The van der Waals surface area contributed by atoms with Gasteiger partial charge in [-0.1, -0.05) is 18.7 Å². The van der Waals surface area contributed by atoms with Gasteiger partial charge >= 0.3 is 0 Å². The zero-order valence-corrected chi connectivity index (χ0v) is 9.83. The maximum Gasteiger partial charge on any atom is 0.191 e. The van der Waals surface area contributed by atoms with Crippen LogP contribution in [0.25, 0.3) is 0 Å². The topological polar surface area (TPSA) is 47.8 Å². The van der Waals surface area contributed by atoms with Gasteiger partial charge in [0.2, 0.25) is 0 Å². The maximum absolute atomic E-state index is 11.4. The normalized spacial score (nSPS) is 26.9. The van der Waals surface area contributed by atoms with Gasteiger partial charge in [-0.05, 0) is 12.3 Å². The highest BCUT2D eigenvalue weighted by molar-refractivity contribution is 7.99. The number of hydrogen-bond acceptors (Lipinski definition) is 4. The summed E-state index contributed by atoms with van der Waals surface area (Å²) in [7, 11) is 1.93. The highest BCUT2D eigenvalue weighted by Crippen LogP contribution is 2.34. The Morgan fingerprint density at radius 1 is 1.60 bits per heavy atom. The summed E-state index contributed by atoms with van der Waals surface area (Å²) in [4.78, 5) is 11.4. The molecule has 0 spiro atoms. The Kier molecular flexibility index (Phi) is 3.09. The van der Waals surface area contributed by atoms with Crippen molar-refractivity contribution in [3.05, 3.63) is 6.33 Å². The van der Waals surface area contributed by atoms with E-state index in [4.69, 9.17) is 0 Å². The molecule has 0 saturated heterocycles. The minimum absolute atomic E-state index is 0.370. The third kappa shape index (κ3) is 2.40. The largest absolute Gasteiger partial charge is 0.312 e. The Bertz CT molecular complexity index is 363. The first-order valence-corrected chi connectivity index (χ1v) is 6.07. The van der Waals surface area contributed by atoms with Crippen LogP contribution in [0.2, 0.25) is 0 Å². The van der Waals surface area contributed by atoms with Crippen LogP contribution in [-0.4, -0.2) is 25.8 Å². The molecule has 2 unspecified atom stereocenters. The molecule has 1 aliphatic carbocycles. The molecular weight excluding hydrogens is 210 g/mol. The fraction of sp³-hybridized carbons (Fsp3) is 0.700. The summed E-state index contributed by atoms with van der Waals surface area (Å²) in [5.74, 6) is 0.970. The average Bonchev–Trinajstić information content (AvgIpc) is 2.58. The second-order valence-electron chi connectivity index (χ2n) is 4.14. The molecule has 1 heterocycles. The van der Waals surface area contributed by atoms with E-state index >= 15 is 0 Å². The summed E-state index contributed by atoms with van der Waals surface area (Å²) in [6.45, 7) is 2.21. The Hall–Kier alpha value is -0.840. The highest BCUT2D eigenvalue weighted by Gasteiger charge is 2.28. The number of nitrogens with zero attached hydrogens (tertiary/aromatic N) is 3. The monoisotopic (exact) mass is 225 g/mol. The second-order valence-corrected chi connectivity index (χ2v) is 5.35. The first-order chi connectivity index (χ1) is 7.16. The Balaban J connectivity index is 2.04. The molecule has 4 nitrogen and oxygen atoms in total. The molecule has 82 valence electrons. The molecule has 1 aromatic heterocycles. The standard InChI is InChI=1S/C10H15N3OS/c1-7-3-4-8(14)5-9(7)15-10-12-11-6-13(10)2/h6-7,9H,3-5H2,1-2H3. The van der Waals surface area contributed by atoms with Crippen LogP contribution in [-0.2, 0) is 11.8 Å². The molecule has 0 bridgehead atoms. The number of thioether (sulfide) groups is 1. The third-order valence-electron chi connectivity index (χ3n) is 2.87. The van der Waals surface area contributed by atoms with Crippen molar-refractivity contribution in [1.29, 1.82) is 0 Å². The van der Waals surface area contributed by atoms with Gasteiger partial charge < -0.3 is 4.57 Å². The van der Waals surface area contributed by atoms with Crippen LogP contribution in [0, 0.1) is 5.92 Å². The van der Waals surface area contributed by atoms with Crippen LogP contribution in [0.5, 0.6) is 0 Å².